The van der Waals surface area contributed by atoms with Gasteiger partial charge in [0.1, 0.15) is 58.5 Å². The number of ether oxygens (including phenoxy) is 2. The van der Waals surface area contributed by atoms with E-state index in [4.69, 9.17) is 9.47 Å². The number of aromatic nitrogens is 6. The minimum absolute atomic E-state index is 0.0135. The van der Waals surface area contributed by atoms with Gasteiger partial charge in [0, 0.05) is 63.1 Å². The Balaban J connectivity index is 0.836. The van der Waals surface area contributed by atoms with Crippen LogP contribution in [0.5, 0.6) is 0 Å². The highest BCUT2D eigenvalue weighted by molar-refractivity contribution is 7.93. The molecule has 1 aromatic carbocycles. The summed E-state index contributed by atoms with van der Waals surface area (Å²) < 4.78 is 39.1. The zero-order chi connectivity index (χ0) is 59.4. The second kappa shape index (κ2) is 25.4. The van der Waals surface area contributed by atoms with Crippen LogP contribution in [0.15, 0.2) is 49.2 Å². The molecule has 0 spiro atoms. The second-order valence-corrected chi connectivity index (χ2v) is 27.5. The maximum Gasteiger partial charge on any atom is 0.410 e. The number of hydrogen-bond acceptors (Lipinski definition) is 17. The molecule has 23 nitrogen and oxygen atoms in total. The van der Waals surface area contributed by atoms with Crippen molar-refractivity contribution in [1.82, 2.24) is 60.8 Å². The number of nitrogens with zero attached hydrogens (tertiary/aromatic N) is 9. The highest BCUT2D eigenvalue weighted by Crippen LogP contribution is 2.33. The van der Waals surface area contributed by atoms with Gasteiger partial charge in [0.15, 0.2) is 9.84 Å². The lowest BCUT2D eigenvalue weighted by Gasteiger charge is -2.36. The molecule has 3 fully saturated rings. The minimum Gasteiger partial charge on any atom is -0.444 e. The topological polar surface area (TPSA) is 279 Å². The zero-order valence-electron chi connectivity index (χ0n) is 49.3. The normalized spacial score (nSPS) is 22.2. The molecule has 2 unspecified atom stereocenters. The van der Waals surface area contributed by atoms with Crippen LogP contribution in [0, 0.1) is 12.8 Å². The lowest BCUT2D eigenvalue weighted by Crippen LogP contribution is -2.59. The maximum atomic E-state index is 15.1. The second-order valence-electron chi connectivity index (χ2n) is 24.7. The fraction of sp³-hybridized carbons (Fsp3) is 0.593. The molecule has 24 heteroatoms. The fourth-order valence-electron chi connectivity index (χ4n) is 11.7. The minimum atomic E-state index is -3.75. The molecule has 3 aliphatic carbocycles. The number of piperazine rings is 1. The van der Waals surface area contributed by atoms with E-state index >= 15 is 4.79 Å². The van der Waals surface area contributed by atoms with E-state index in [1.54, 1.807) is 73.0 Å². The van der Waals surface area contributed by atoms with Crippen LogP contribution in [0.4, 0.5) is 22.2 Å². The number of likely N-dealkylation sites (N-methyl/N-ethyl adjacent to an activating group) is 1. The third kappa shape index (κ3) is 14.1. The first-order chi connectivity index (χ1) is 39.4. The summed E-state index contributed by atoms with van der Waals surface area (Å²) in [6.45, 7) is 17.2. The van der Waals surface area contributed by atoms with Gasteiger partial charge in [0.25, 0.3) is 5.91 Å². The SMILES string of the molecule is Cc1cn[nH]c1Nc1ncnc2c1=CC(S(=O)(=O)C(C)(C)C)C(OCCN1CCN(c3cnc(C(=O)N[C@H]4C[C@@H](C(=O)N[C@@H]5CCCc6ccccc65)N(C(=O)[C@@H](NC(=O)[C@H](C)N(C)C(=O)OC(C)(C)C)C5CCCCC5)C4)cn3)CC1)C=2. The number of aromatic amines is 1. The van der Waals surface area contributed by atoms with Crippen molar-refractivity contribution in [3.05, 3.63) is 82.1 Å². The summed E-state index contributed by atoms with van der Waals surface area (Å²) in [5, 5.41) is 19.7. The van der Waals surface area contributed by atoms with Crippen molar-refractivity contribution in [2.45, 2.75) is 165 Å². The Bertz CT molecular complexity index is 3240. The molecule has 5 heterocycles. The number of nitrogens with one attached hydrogen (secondary N) is 5. The Morgan fingerprint density at radius 1 is 0.880 bits per heavy atom. The molecule has 5 amide bonds. The average Bonchev–Trinajstić information content (AvgIpc) is 3.57. The van der Waals surface area contributed by atoms with Crippen LogP contribution >= 0.6 is 0 Å². The van der Waals surface area contributed by atoms with E-state index in [0.717, 1.165) is 49.7 Å². The molecule has 1 saturated carbocycles. The van der Waals surface area contributed by atoms with Gasteiger partial charge in [-0.3, -0.25) is 34.1 Å². The van der Waals surface area contributed by atoms with Crippen molar-refractivity contribution >= 4 is 69.2 Å². The summed E-state index contributed by atoms with van der Waals surface area (Å²) in [6, 6.07) is 4.24. The summed E-state index contributed by atoms with van der Waals surface area (Å²) >= 11 is 0. The number of H-pyrrole nitrogens is 1. The zero-order valence-corrected chi connectivity index (χ0v) is 50.1. The van der Waals surface area contributed by atoms with Gasteiger partial charge in [-0.1, -0.05) is 49.6 Å². The number of rotatable bonds is 17. The monoisotopic (exact) mass is 1160 g/mol. The van der Waals surface area contributed by atoms with Crippen molar-refractivity contribution in [2.75, 3.05) is 63.1 Å². The van der Waals surface area contributed by atoms with E-state index in [1.165, 1.54) is 34.9 Å². The van der Waals surface area contributed by atoms with E-state index in [2.05, 4.69) is 67.3 Å². The van der Waals surface area contributed by atoms with Gasteiger partial charge >= 0.3 is 6.09 Å². The third-order valence-corrected chi connectivity index (χ3v) is 19.5. The molecule has 448 valence electrons. The van der Waals surface area contributed by atoms with Crippen molar-refractivity contribution < 1.29 is 41.9 Å². The molecular weight excluding hydrogens is 1080 g/mol. The van der Waals surface area contributed by atoms with E-state index in [1.807, 2.05) is 25.1 Å². The first kappa shape index (κ1) is 60.5. The third-order valence-electron chi connectivity index (χ3n) is 16.7. The van der Waals surface area contributed by atoms with Crippen molar-refractivity contribution in [3.63, 3.8) is 0 Å². The first-order valence-electron chi connectivity index (χ1n) is 29.2. The van der Waals surface area contributed by atoms with Gasteiger partial charge in [-0.25, -0.2) is 33.1 Å². The standard InChI is InChI=1S/C59H82N14O9S/c1-36-31-64-69-51(36)68-52-42-29-48(83(79,80)59(6,7)8)47(30-44(42)62-35-63-52)81-27-26-71-22-24-72(25-23-71)49-33-60-45(32-61-49)54(75)65-40-28-46(55(76)66-43-21-15-19-38-16-13-14-20-41(38)43)73(34-40)56(77)50(39-17-11-10-12-18-39)67-53(74)37(2)70(9)57(78)82-58(3,4)5/h13-14,16,20,29-33,35,37,39-40,43,46-48,50H,10-12,15,17-19,21-28,34H2,1-9H3,(H,65,75)(H,66,76)(H,67,74)(H2,62,63,64,68,69)/t37-,40-,43+,46-,47?,48?,50-/m0/s1. The summed E-state index contributed by atoms with van der Waals surface area (Å²) in [5.74, 6) is -0.295. The summed E-state index contributed by atoms with van der Waals surface area (Å²) in [4.78, 5) is 96.0. The van der Waals surface area contributed by atoms with Crippen LogP contribution in [0.2, 0.25) is 0 Å². The molecule has 5 aliphatic rings. The van der Waals surface area contributed by atoms with Crippen LogP contribution in [-0.2, 0) is 40.1 Å². The van der Waals surface area contributed by atoms with Gasteiger partial charge in [-0.05, 0) is 117 Å². The van der Waals surface area contributed by atoms with E-state index in [-0.39, 0.29) is 43.1 Å². The number of fused-ring (bicyclic) bond motifs is 2. The Morgan fingerprint density at radius 3 is 2.31 bits per heavy atom. The summed E-state index contributed by atoms with van der Waals surface area (Å²) in [6.07, 6.45) is 14.9. The van der Waals surface area contributed by atoms with E-state index < -0.39 is 79.5 Å². The fourth-order valence-corrected chi connectivity index (χ4v) is 13.3. The van der Waals surface area contributed by atoms with Gasteiger partial charge < -0.3 is 40.5 Å². The van der Waals surface area contributed by atoms with E-state index in [9.17, 15) is 27.6 Å². The van der Waals surface area contributed by atoms with Crippen LogP contribution in [0.25, 0.3) is 12.2 Å². The number of anilines is 3. The molecule has 2 aliphatic heterocycles. The molecule has 4 aromatic rings. The van der Waals surface area contributed by atoms with Crippen LogP contribution < -0.4 is 36.7 Å². The maximum absolute atomic E-state index is 15.1. The molecule has 83 heavy (non-hydrogen) atoms. The summed E-state index contributed by atoms with van der Waals surface area (Å²) in [5.41, 5.74) is 2.38. The van der Waals surface area contributed by atoms with Gasteiger partial charge in [-0.2, -0.15) is 5.10 Å². The molecular formula is C59H82N14O9S. The van der Waals surface area contributed by atoms with Crippen LogP contribution in [0.3, 0.4) is 0 Å². The Kier molecular flexibility index (Phi) is 18.5. The molecule has 3 aromatic heterocycles. The highest BCUT2D eigenvalue weighted by Gasteiger charge is 2.46. The number of sulfone groups is 1. The largest absolute Gasteiger partial charge is 0.444 e. The number of hydrogen-bond donors (Lipinski definition) is 5. The predicted octanol–water partition coefficient (Wildman–Crippen LogP) is 3.62. The Hall–Kier alpha value is -7.05. The van der Waals surface area contributed by atoms with Gasteiger partial charge in [0.2, 0.25) is 17.7 Å². The smallest absolute Gasteiger partial charge is 0.410 e. The van der Waals surface area contributed by atoms with Crippen molar-refractivity contribution in [1.29, 1.82) is 0 Å². The van der Waals surface area contributed by atoms with Crippen LogP contribution in [-0.4, -0.2) is 182 Å². The molecule has 2 saturated heterocycles. The number of likely N-dealkylation sites (tertiary alicyclic amines) is 1. The molecule has 5 N–H and O–H groups in total. The number of aryl methyl sites for hydroxylation is 2. The molecule has 9 rings (SSSR count). The van der Waals surface area contributed by atoms with Crippen LogP contribution in [0.1, 0.15) is 133 Å². The number of carbonyl (C=O) groups is 5. The lowest BCUT2D eigenvalue weighted by atomic mass is 9.83. The molecule has 0 radical (unpaired) electrons. The van der Waals surface area contributed by atoms with Gasteiger partial charge in [0.05, 0.1) is 47.4 Å². The molecule has 0 bridgehead atoms. The lowest BCUT2D eigenvalue weighted by molar-refractivity contribution is -0.143. The number of carbonyl (C=O) groups excluding carboxylic acids is 5. The molecule has 7 atom stereocenters. The predicted molar refractivity (Wildman–Crippen MR) is 313 cm³/mol. The highest BCUT2D eigenvalue weighted by atomic mass is 32.2. The Labute approximate surface area is 486 Å². The van der Waals surface area contributed by atoms with Gasteiger partial charge in [-0.15, -0.1) is 0 Å². The van der Waals surface area contributed by atoms with Crippen molar-refractivity contribution in [2.24, 2.45) is 5.92 Å². The Morgan fingerprint density at radius 2 is 1.63 bits per heavy atom. The summed E-state index contributed by atoms with van der Waals surface area (Å²) in [7, 11) is -2.27. The van der Waals surface area contributed by atoms with E-state index in [0.29, 0.717) is 73.6 Å². The number of benzene rings is 1. The first-order valence-corrected chi connectivity index (χ1v) is 30.7. The quantitative estimate of drug-likeness (QED) is 0.101. The van der Waals surface area contributed by atoms with Crippen molar-refractivity contribution in [3.8, 4) is 0 Å². The number of amides is 5. The average molecular weight is 1160 g/mol.